The van der Waals surface area contributed by atoms with Gasteiger partial charge in [0.1, 0.15) is 0 Å². The maximum absolute atomic E-state index is 5.89. The number of hydrogen-bond donors (Lipinski definition) is 2. The molecule has 0 heterocycles. The van der Waals surface area contributed by atoms with Crippen molar-refractivity contribution in [3.63, 3.8) is 0 Å². The molecule has 2 rings (SSSR count). The van der Waals surface area contributed by atoms with Crippen LogP contribution >= 0.6 is 24.0 Å². The van der Waals surface area contributed by atoms with Crippen molar-refractivity contribution < 1.29 is 9.47 Å². The lowest BCUT2D eigenvalue weighted by molar-refractivity contribution is 0.310. The minimum atomic E-state index is 0. The fourth-order valence-corrected chi connectivity index (χ4v) is 1.97. The van der Waals surface area contributed by atoms with Crippen LogP contribution in [0, 0.1) is 0 Å². The van der Waals surface area contributed by atoms with E-state index in [-0.39, 0.29) is 24.0 Å². The van der Waals surface area contributed by atoms with Gasteiger partial charge in [-0.15, -0.1) is 24.0 Å². The van der Waals surface area contributed by atoms with Gasteiger partial charge in [0, 0.05) is 5.69 Å². The molecule has 0 amide bonds. The highest BCUT2D eigenvalue weighted by atomic mass is 127. The number of para-hydroxylation sites is 1. The third-order valence-electron chi connectivity index (χ3n) is 3.01. The largest absolute Gasteiger partial charge is 0.493 e. The van der Waals surface area contributed by atoms with Crippen molar-refractivity contribution in [1.29, 1.82) is 0 Å². The highest BCUT2D eigenvalue weighted by Crippen LogP contribution is 2.28. The normalized spacial score (nSPS) is 10.6. The van der Waals surface area contributed by atoms with Crippen LogP contribution in [0.5, 0.6) is 11.5 Å². The zero-order valence-electron chi connectivity index (χ0n) is 13.3. The molecule has 2 aromatic carbocycles. The second-order valence-corrected chi connectivity index (χ2v) is 4.61. The lowest BCUT2D eigenvalue weighted by Crippen LogP contribution is -2.22. The van der Waals surface area contributed by atoms with E-state index in [2.05, 4.69) is 10.3 Å². The standard InChI is InChI=1S/C17H21N3O2.HI/c1-3-22-16-11-13(9-10-15(16)21-2)12-19-17(18)20-14-7-5-4-6-8-14;/h4-11H,3,12H2,1-2H3,(H3,18,19,20);1H. The van der Waals surface area contributed by atoms with Gasteiger partial charge in [0.25, 0.3) is 0 Å². The fourth-order valence-electron chi connectivity index (χ4n) is 1.97. The number of halogens is 1. The molecule has 0 aliphatic rings. The summed E-state index contributed by atoms with van der Waals surface area (Å²) < 4.78 is 10.8. The number of methoxy groups -OCH3 is 1. The molecule has 0 unspecified atom stereocenters. The molecule has 23 heavy (non-hydrogen) atoms. The predicted octanol–water partition coefficient (Wildman–Crippen LogP) is 3.64. The van der Waals surface area contributed by atoms with Crippen LogP contribution in [0.3, 0.4) is 0 Å². The van der Waals surface area contributed by atoms with Crippen molar-refractivity contribution in [3.8, 4) is 11.5 Å². The highest BCUT2D eigenvalue weighted by molar-refractivity contribution is 14.0. The number of benzene rings is 2. The van der Waals surface area contributed by atoms with Crippen LogP contribution in [-0.2, 0) is 6.54 Å². The number of hydrogen-bond acceptors (Lipinski definition) is 3. The second-order valence-electron chi connectivity index (χ2n) is 4.61. The van der Waals surface area contributed by atoms with Crippen LogP contribution in [0.1, 0.15) is 12.5 Å². The number of nitrogens with zero attached hydrogens (tertiary/aromatic N) is 1. The van der Waals surface area contributed by atoms with Gasteiger partial charge in [-0.05, 0) is 36.8 Å². The Bertz CT molecular complexity index is 633. The van der Waals surface area contributed by atoms with Gasteiger partial charge in [0.2, 0.25) is 0 Å². The number of nitrogens with two attached hydrogens (primary N) is 1. The van der Waals surface area contributed by atoms with E-state index >= 15 is 0 Å². The molecule has 2 aromatic rings. The van der Waals surface area contributed by atoms with E-state index in [0.717, 1.165) is 11.3 Å². The Morgan fingerprint density at radius 1 is 1.13 bits per heavy atom. The van der Waals surface area contributed by atoms with E-state index in [0.29, 0.717) is 30.6 Å². The summed E-state index contributed by atoms with van der Waals surface area (Å²) in [5, 5.41) is 3.05. The Morgan fingerprint density at radius 2 is 1.87 bits per heavy atom. The summed E-state index contributed by atoms with van der Waals surface area (Å²) >= 11 is 0. The first-order valence-corrected chi connectivity index (χ1v) is 7.14. The first-order chi connectivity index (χ1) is 10.7. The average molecular weight is 427 g/mol. The molecule has 0 radical (unpaired) electrons. The quantitative estimate of drug-likeness (QED) is 0.420. The van der Waals surface area contributed by atoms with Gasteiger partial charge < -0.3 is 20.5 Å². The van der Waals surface area contributed by atoms with Gasteiger partial charge >= 0.3 is 0 Å². The lowest BCUT2D eigenvalue weighted by atomic mass is 10.2. The summed E-state index contributed by atoms with van der Waals surface area (Å²) in [6, 6.07) is 15.4. The van der Waals surface area contributed by atoms with Gasteiger partial charge in [0.15, 0.2) is 17.5 Å². The summed E-state index contributed by atoms with van der Waals surface area (Å²) in [5.74, 6) is 1.80. The Kier molecular flexibility index (Phi) is 8.25. The summed E-state index contributed by atoms with van der Waals surface area (Å²) in [7, 11) is 1.62. The van der Waals surface area contributed by atoms with Crippen molar-refractivity contribution in [2.75, 3.05) is 19.0 Å². The van der Waals surface area contributed by atoms with Gasteiger partial charge in [0.05, 0.1) is 20.3 Å². The maximum Gasteiger partial charge on any atom is 0.193 e. The molecule has 0 spiro atoms. The van der Waals surface area contributed by atoms with E-state index in [1.807, 2.05) is 55.5 Å². The number of guanidine groups is 1. The zero-order chi connectivity index (χ0) is 15.8. The van der Waals surface area contributed by atoms with E-state index in [1.54, 1.807) is 7.11 Å². The highest BCUT2D eigenvalue weighted by Gasteiger charge is 2.05. The molecule has 124 valence electrons. The number of nitrogens with one attached hydrogen (secondary N) is 1. The summed E-state index contributed by atoms with van der Waals surface area (Å²) in [5.41, 5.74) is 7.80. The molecule has 0 aromatic heterocycles. The molecule has 0 fully saturated rings. The van der Waals surface area contributed by atoms with E-state index in [9.17, 15) is 0 Å². The minimum absolute atomic E-state index is 0. The molecular weight excluding hydrogens is 405 g/mol. The fraction of sp³-hybridized carbons (Fsp3) is 0.235. The maximum atomic E-state index is 5.89. The predicted molar refractivity (Wildman–Crippen MR) is 105 cm³/mol. The molecule has 5 nitrogen and oxygen atoms in total. The molecule has 0 atom stereocenters. The van der Waals surface area contributed by atoms with Gasteiger partial charge in [-0.3, -0.25) is 0 Å². The first kappa shape index (κ1) is 19.1. The smallest absolute Gasteiger partial charge is 0.193 e. The Balaban J connectivity index is 0.00000264. The third kappa shape index (κ3) is 5.97. The van der Waals surface area contributed by atoms with Gasteiger partial charge in [-0.1, -0.05) is 24.3 Å². The van der Waals surface area contributed by atoms with Crippen molar-refractivity contribution in [1.82, 2.24) is 0 Å². The van der Waals surface area contributed by atoms with E-state index in [4.69, 9.17) is 15.2 Å². The Hall–Kier alpha value is -1.96. The van der Waals surface area contributed by atoms with Crippen LogP contribution in [0.15, 0.2) is 53.5 Å². The molecule has 0 saturated carbocycles. The molecule has 0 aliphatic carbocycles. The van der Waals surface area contributed by atoms with Gasteiger partial charge in [-0.2, -0.15) is 0 Å². The minimum Gasteiger partial charge on any atom is -0.493 e. The molecule has 0 saturated heterocycles. The van der Waals surface area contributed by atoms with Crippen LogP contribution in [0.25, 0.3) is 0 Å². The first-order valence-electron chi connectivity index (χ1n) is 7.14. The second kappa shape index (κ2) is 9.94. The van der Waals surface area contributed by atoms with Crippen LogP contribution in [0.4, 0.5) is 5.69 Å². The topological polar surface area (TPSA) is 68.9 Å². The Morgan fingerprint density at radius 3 is 2.52 bits per heavy atom. The number of rotatable bonds is 6. The summed E-state index contributed by atoms with van der Waals surface area (Å²) in [6.45, 7) is 2.99. The molecule has 3 N–H and O–H groups in total. The summed E-state index contributed by atoms with van der Waals surface area (Å²) in [6.07, 6.45) is 0. The van der Waals surface area contributed by atoms with Crippen LogP contribution in [-0.4, -0.2) is 19.7 Å². The lowest BCUT2D eigenvalue weighted by Gasteiger charge is -2.10. The van der Waals surface area contributed by atoms with Crippen molar-refractivity contribution in [2.24, 2.45) is 10.7 Å². The van der Waals surface area contributed by atoms with Crippen LogP contribution in [0.2, 0.25) is 0 Å². The van der Waals surface area contributed by atoms with E-state index in [1.165, 1.54) is 0 Å². The SMILES string of the molecule is CCOc1cc(CN=C(N)Nc2ccccc2)ccc1OC.I. The number of aliphatic imine (C=N–C) groups is 1. The van der Waals surface area contributed by atoms with Crippen LogP contribution < -0.4 is 20.5 Å². The Labute approximate surface area is 153 Å². The molecule has 0 aliphatic heterocycles. The summed E-state index contributed by atoms with van der Waals surface area (Å²) in [4.78, 5) is 4.33. The third-order valence-corrected chi connectivity index (χ3v) is 3.01. The zero-order valence-corrected chi connectivity index (χ0v) is 15.6. The number of ether oxygens (including phenoxy) is 2. The molecular formula is C17H22IN3O2. The number of anilines is 1. The average Bonchev–Trinajstić information content (AvgIpc) is 2.54. The van der Waals surface area contributed by atoms with Gasteiger partial charge in [-0.25, -0.2) is 4.99 Å². The molecule has 6 heteroatoms. The monoisotopic (exact) mass is 427 g/mol. The van der Waals surface area contributed by atoms with E-state index < -0.39 is 0 Å². The van der Waals surface area contributed by atoms with Crippen molar-refractivity contribution >= 4 is 35.6 Å². The molecule has 0 bridgehead atoms. The van der Waals surface area contributed by atoms with Crippen molar-refractivity contribution in [2.45, 2.75) is 13.5 Å². The van der Waals surface area contributed by atoms with Crippen molar-refractivity contribution in [3.05, 3.63) is 54.1 Å².